The van der Waals surface area contributed by atoms with Gasteiger partial charge in [0.05, 0.1) is 22.8 Å². The molecule has 1 heterocycles. The van der Waals surface area contributed by atoms with E-state index >= 15 is 0 Å². The van der Waals surface area contributed by atoms with Gasteiger partial charge in [-0.25, -0.2) is 0 Å². The minimum absolute atomic E-state index is 0.0845. The fraction of sp³-hybridized carbons (Fsp3) is 0.263. The molecule has 0 atom stereocenters. The van der Waals surface area contributed by atoms with Gasteiger partial charge in [0.25, 0.3) is 5.91 Å². The van der Waals surface area contributed by atoms with Gasteiger partial charge in [0, 0.05) is 36.9 Å². The highest BCUT2D eigenvalue weighted by Gasteiger charge is 2.17. The van der Waals surface area contributed by atoms with Crippen LogP contribution in [-0.4, -0.2) is 50.6 Å². The number of rotatable bonds is 5. The van der Waals surface area contributed by atoms with Gasteiger partial charge in [0.1, 0.15) is 13.2 Å². The molecule has 0 aromatic heterocycles. The van der Waals surface area contributed by atoms with Crippen LogP contribution in [0.5, 0.6) is 11.5 Å². The highest BCUT2D eigenvalue weighted by atomic mass is 35.5. The number of anilines is 2. The number of fused-ring (bicyclic) bond motifs is 1. The van der Waals surface area contributed by atoms with Gasteiger partial charge in [-0.1, -0.05) is 23.2 Å². The lowest BCUT2D eigenvalue weighted by Crippen LogP contribution is -2.26. The molecule has 1 aliphatic heterocycles. The third-order valence-corrected chi connectivity index (χ3v) is 4.51. The Balaban J connectivity index is 1.70. The van der Waals surface area contributed by atoms with Crippen LogP contribution in [0.1, 0.15) is 10.4 Å². The van der Waals surface area contributed by atoms with E-state index in [9.17, 15) is 9.59 Å². The molecule has 7 nitrogen and oxygen atoms in total. The van der Waals surface area contributed by atoms with Crippen molar-refractivity contribution in [3.8, 4) is 11.5 Å². The standard InChI is InChI=1S/C19H19Cl2N3O4/c1-24(2)19(26)12-4-3-11(20)7-14(12)22-10-18(25)23-15-9-17-16(8-13(15)21)27-5-6-28-17/h3-4,7-9,22H,5-6,10H2,1-2H3,(H,23,25). The molecule has 2 amide bonds. The summed E-state index contributed by atoms with van der Waals surface area (Å²) in [6.07, 6.45) is 0. The molecule has 0 aliphatic carbocycles. The van der Waals surface area contributed by atoms with Gasteiger partial charge < -0.3 is 25.0 Å². The predicted octanol–water partition coefficient (Wildman–Crippen LogP) is 3.52. The highest BCUT2D eigenvalue weighted by Crippen LogP contribution is 2.37. The zero-order chi connectivity index (χ0) is 20.3. The molecule has 0 fully saturated rings. The van der Waals surface area contributed by atoms with Crippen molar-refractivity contribution in [1.29, 1.82) is 0 Å². The van der Waals surface area contributed by atoms with Crippen LogP contribution < -0.4 is 20.1 Å². The molecule has 28 heavy (non-hydrogen) atoms. The first kappa shape index (κ1) is 20.1. The maximum atomic E-state index is 12.4. The maximum absolute atomic E-state index is 12.4. The Kier molecular flexibility index (Phi) is 6.16. The van der Waals surface area contributed by atoms with Crippen LogP contribution in [0.3, 0.4) is 0 Å². The second kappa shape index (κ2) is 8.58. The normalized spacial score (nSPS) is 12.3. The third kappa shape index (κ3) is 4.61. The van der Waals surface area contributed by atoms with Gasteiger partial charge in [0.2, 0.25) is 5.91 Å². The zero-order valence-electron chi connectivity index (χ0n) is 15.3. The number of carbonyl (C=O) groups excluding carboxylic acids is 2. The van der Waals surface area contributed by atoms with E-state index in [1.807, 2.05) is 0 Å². The molecule has 2 aromatic rings. The van der Waals surface area contributed by atoms with Crippen LogP contribution in [0.15, 0.2) is 30.3 Å². The molecule has 2 aromatic carbocycles. The third-order valence-electron chi connectivity index (χ3n) is 3.96. The molecule has 0 saturated heterocycles. The summed E-state index contributed by atoms with van der Waals surface area (Å²) in [5.74, 6) is 0.516. The highest BCUT2D eigenvalue weighted by molar-refractivity contribution is 6.34. The average molecular weight is 424 g/mol. The van der Waals surface area contributed by atoms with Gasteiger partial charge in [-0.3, -0.25) is 9.59 Å². The number of carbonyl (C=O) groups is 2. The number of amides is 2. The molecule has 2 N–H and O–H groups in total. The second-order valence-electron chi connectivity index (χ2n) is 6.27. The molecule has 3 rings (SSSR count). The lowest BCUT2D eigenvalue weighted by molar-refractivity contribution is -0.114. The minimum Gasteiger partial charge on any atom is -0.486 e. The lowest BCUT2D eigenvalue weighted by Gasteiger charge is -2.20. The number of nitrogens with one attached hydrogen (secondary N) is 2. The molecule has 0 spiro atoms. The molecule has 0 radical (unpaired) electrons. The number of hydrogen-bond acceptors (Lipinski definition) is 5. The summed E-state index contributed by atoms with van der Waals surface area (Å²) in [6, 6.07) is 8.06. The van der Waals surface area contributed by atoms with Crippen LogP contribution in [-0.2, 0) is 4.79 Å². The molecule has 0 saturated carbocycles. The van der Waals surface area contributed by atoms with Gasteiger partial charge >= 0.3 is 0 Å². The smallest absolute Gasteiger partial charge is 0.255 e. The number of benzene rings is 2. The van der Waals surface area contributed by atoms with E-state index in [1.54, 1.807) is 44.4 Å². The maximum Gasteiger partial charge on any atom is 0.255 e. The largest absolute Gasteiger partial charge is 0.486 e. The SMILES string of the molecule is CN(C)C(=O)c1ccc(Cl)cc1NCC(=O)Nc1cc2c(cc1Cl)OCCO2. The molecule has 0 unspecified atom stereocenters. The Hall–Kier alpha value is -2.64. The summed E-state index contributed by atoms with van der Waals surface area (Å²) in [4.78, 5) is 26.1. The van der Waals surface area contributed by atoms with Gasteiger partial charge in [-0.15, -0.1) is 0 Å². The molecule has 1 aliphatic rings. The predicted molar refractivity (Wildman–Crippen MR) is 109 cm³/mol. The number of nitrogens with zero attached hydrogens (tertiary/aromatic N) is 1. The molecular weight excluding hydrogens is 405 g/mol. The first-order valence-electron chi connectivity index (χ1n) is 8.49. The van der Waals surface area contributed by atoms with Crippen LogP contribution in [0.2, 0.25) is 10.0 Å². The van der Waals surface area contributed by atoms with Crippen molar-refractivity contribution in [3.63, 3.8) is 0 Å². The van der Waals surface area contributed by atoms with E-state index in [2.05, 4.69) is 10.6 Å². The van der Waals surface area contributed by atoms with E-state index in [4.69, 9.17) is 32.7 Å². The van der Waals surface area contributed by atoms with Gasteiger partial charge in [0.15, 0.2) is 11.5 Å². The van der Waals surface area contributed by atoms with Crippen molar-refractivity contribution in [1.82, 2.24) is 4.90 Å². The topological polar surface area (TPSA) is 79.9 Å². The fourth-order valence-corrected chi connectivity index (χ4v) is 2.99. The van der Waals surface area contributed by atoms with Crippen LogP contribution in [0.4, 0.5) is 11.4 Å². The Labute approximate surface area is 172 Å². The summed E-state index contributed by atoms with van der Waals surface area (Å²) < 4.78 is 11.0. The summed E-state index contributed by atoms with van der Waals surface area (Å²) in [7, 11) is 3.30. The van der Waals surface area contributed by atoms with Crippen molar-refractivity contribution < 1.29 is 19.1 Å². The summed E-state index contributed by atoms with van der Waals surface area (Å²) in [5, 5.41) is 6.46. The summed E-state index contributed by atoms with van der Waals surface area (Å²) in [5.41, 5.74) is 1.29. The first-order valence-corrected chi connectivity index (χ1v) is 9.25. The molecular formula is C19H19Cl2N3O4. The van der Waals surface area contributed by atoms with Gasteiger partial charge in [-0.05, 0) is 18.2 Å². The monoisotopic (exact) mass is 423 g/mol. The van der Waals surface area contributed by atoms with Crippen molar-refractivity contribution >= 4 is 46.4 Å². The zero-order valence-corrected chi connectivity index (χ0v) is 16.9. The van der Waals surface area contributed by atoms with E-state index in [1.165, 1.54) is 4.90 Å². The van der Waals surface area contributed by atoms with E-state index in [0.29, 0.717) is 51.7 Å². The molecule has 0 bridgehead atoms. The lowest BCUT2D eigenvalue weighted by atomic mass is 10.1. The summed E-state index contributed by atoms with van der Waals surface area (Å²) in [6.45, 7) is 0.798. The van der Waals surface area contributed by atoms with Crippen LogP contribution in [0.25, 0.3) is 0 Å². The number of ether oxygens (including phenoxy) is 2. The number of hydrogen-bond donors (Lipinski definition) is 2. The van der Waals surface area contributed by atoms with Crippen LogP contribution >= 0.6 is 23.2 Å². The van der Waals surface area contributed by atoms with E-state index in [0.717, 1.165) is 0 Å². The Morgan fingerprint density at radius 3 is 2.39 bits per heavy atom. The number of halogens is 2. The van der Waals surface area contributed by atoms with Crippen molar-refractivity contribution in [2.24, 2.45) is 0 Å². The van der Waals surface area contributed by atoms with Crippen molar-refractivity contribution in [2.75, 3.05) is 44.5 Å². The van der Waals surface area contributed by atoms with Crippen LogP contribution in [0, 0.1) is 0 Å². The first-order chi connectivity index (χ1) is 13.3. The second-order valence-corrected chi connectivity index (χ2v) is 7.11. The minimum atomic E-state index is -0.346. The summed E-state index contributed by atoms with van der Waals surface area (Å²) >= 11 is 12.2. The molecule has 9 heteroatoms. The average Bonchev–Trinajstić information content (AvgIpc) is 2.66. The van der Waals surface area contributed by atoms with E-state index < -0.39 is 0 Å². The molecule has 148 valence electrons. The Bertz CT molecular complexity index is 918. The Morgan fingerprint density at radius 1 is 1.04 bits per heavy atom. The van der Waals surface area contributed by atoms with Gasteiger partial charge in [-0.2, -0.15) is 0 Å². The quantitative estimate of drug-likeness (QED) is 0.768. The van der Waals surface area contributed by atoms with Crippen molar-refractivity contribution in [2.45, 2.75) is 0 Å². The fourth-order valence-electron chi connectivity index (χ4n) is 2.62. The van der Waals surface area contributed by atoms with E-state index in [-0.39, 0.29) is 18.4 Å². The van der Waals surface area contributed by atoms with Crippen molar-refractivity contribution in [3.05, 3.63) is 45.9 Å². The Morgan fingerprint density at radius 2 is 1.71 bits per heavy atom.